The second kappa shape index (κ2) is 6.75. The number of rotatable bonds is 4. The Bertz CT molecular complexity index is 576. The Balaban J connectivity index is 2.01. The van der Waals surface area contributed by atoms with Crippen molar-refractivity contribution < 1.29 is 4.79 Å². The van der Waals surface area contributed by atoms with Crippen LogP contribution >= 0.6 is 0 Å². The second-order valence-electron chi connectivity index (χ2n) is 4.64. The van der Waals surface area contributed by atoms with Gasteiger partial charge in [0.1, 0.15) is 0 Å². The van der Waals surface area contributed by atoms with Crippen molar-refractivity contribution in [3.63, 3.8) is 0 Å². The fourth-order valence-electron chi connectivity index (χ4n) is 2.06. The lowest BCUT2D eigenvalue weighted by atomic mass is 10.1. The summed E-state index contributed by atoms with van der Waals surface area (Å²) in [6.07, 6.45) is 1.89. The Labute approximate surface area is 120 Å². The fraction of sp³-hybridized carbons (Fsp3) is 0.235. The van der Waals surface area contributed by atoms with Crippen LogP contribution in [-0.2, 0) is 12.8 Å². The molecule has 0 aromatic heterocycles. The summed E-state index contributed by atoms with van der Waals surface area (Å²) in [6.45, 7) is 4.18. The summed E-state index contributed by atoms with van der Waals surface area (Å²) < 4.78 is 0. The van der Waals surface area contributed by atoms with Gasteiger partial charge in [-0.25, -0.2) is 4.79 Å². The van der Waals surface area contributed by atoms with Gasteiger partial charge in [-0.2, -0.15) is 0 Å². The monoisotopic (exact) mass is 268 g/mol. The number of urea groups is 1. The van der Waals surface area contributed by atoms with Crippen molar-refractivity contribution in [1.82, 2.24) is 0 Å². The van der Waals surface area contributed by atoms with Crippen LogP contribution in [0.1, 0.15) is 25.0 Å². The average Bonchev–Trinajstić information content (AvgIpc) is 2.48. The average molecular weight is 268 g/mol. The first-order chi connectivity index (χ1) is 9.72. The number of anilines is 2. The van der Waals surface area contributed by atoms with Crippen molar-refractivity contribution in [3.05, 3.63) is 59.7 Å². The van der Waals surface area contributed by atoms with Crippen molar-refractivity contribution in [3.8, 4) is 0 Å². The Kier molecular flexibility index (Phi) is 4.77. The van der Waals surface area contributed by atoms with Gasteiger partial charge < -0.3 is 10.6 Å². The topological polar surface area (TPSA) is 41.1 Å². The zero-order valence-electron chi connectivity index (χ0n) is 11.9. The number of hydrogen-bond acceptors (Lipinski definition) is 1. The van der Waals surface area contributed by atoms with Crippen molar-refractivity contribution in [2.45, 2.75) is 26.7 Å². The van der Waals surface area contributed by atoms with E-state index in [9.17, 15) is 4.79 Å². The first kappa shape index (κ1) is 14.1. The number of para-hydroxylation sites is 1. The first-order valence-electron chi connectivity index (χ1n) is 6.97. The molecule has 0 atom stereocenters. The minimum Gasteiger partial charge on any atom is -0.308 e. The van der Waals surface area contributed by atoms with Crippen molar-refractivity contribution in [1.29, 1.82) is 0 Å². The summed E-state index contributed by atoms with van der Waals surface area (Å²) in [5.74, 6) is 0. The van der Waals surface area contributed by atoms with Gasteiger partial charge in [0.05, 0.1) is 0 Å². The fourth-order valence-corrected chi connectivity index (χ4v) is 2.06. The van der Waals surface area contributed by atoms with Crippen molar-refractivity contribution in [2.24, 2.45) is 0 Å². The van der Waals surface area contributed by atoms with E-state index in [-0.39, 0.29) is 6.03 Å². The Morgan fingerprint density at radius 3 is 2.25 bits per heavy atom. The van der Waals surface area contributed by atoms with Crippen LogP contribution in [0.25, 0.3) is 0 Å². The third-order valence-electron chi connectivity index (χ3n) is 3.27. The maximum absolute atomic E-state index is 12.0. The number of carbonyl (C=O) groups is 1. The van der Waals surface area contributed by atoms with Gasteiger partial charge >= 0.3 is 6.03 Å². The van der Waals surface area contributed by atoms with Crippen LogP contribution in [0.15, 0.2) is 48.5 Å². The van der Waals surface area contributed by atoms with Crippen molar-refractivity contribution >= 4 is 17.4 Å². The van der Waals surface area contributed by atoms with Crippen LogP contribution in [0.3, 0.4) is 0 Å². The van der Waals surface area contributed by atoms with Crippen LogP contribution in [0.2, 0.25) is 0 Å². The normalized spacial score (nSPS) is 10.1. The zero-order valence-corrected chi connectivity index (χ0v) is 11.9. The molecule has 0 aliphatic carbocycles. The summed E-state index contributed by atoms with van der Waals surface area (Å²) >= 11 is 0. The molecule has 0 heterocycles. The molecule has 3 heteroatoms. The zero-order chi connectivity index (χ0) is 14.4. The molecular formula is C17H20N2O. The summed E-state index contributed by atoms with van der Waals surface area (Å²) in [7, 11) is 0. The SMILES string of the molecule is CCc1ccc(NC(=O)Nc2ccccc2CC)cc1. The molecule has 0 saturated carbocycles. The Morgan fingerprint density at radius 2 is 1.60 bits per heavy atom. The molecule has 0 saturated heterocycles. The van der Waals surface area contributed by atoms with Gasteiger partial charge in [0, 0.05) is 11.4 Å². The predicted molar refractivity (Wildman–Crippen MR) is 84.3 cm³/mol. The molecule has 0 fully saturated rings. The van der Waals surface area contributed by atoms with E-state index in [4.69, 9.17) is 0 Å². The minimum atomic E-state index is -0.213. The van der Waals surface area contributed by atoms with E-state index in [2.05, 4.69) is 24.5 Å². The molecule has 0 spiro atoms. The van der Waals surface area contributed by atoms with Gasteiger partial charge in [0.15, 0.2) is 0 Å². The molecule has 0 aliphatic heterocycles. The summed E-state index contributed by atoms with van der Waals surface area (Å²) in [4.78, 5) is 12.0. The van der Waals surface area contributed by atoms with Crippen LogP contribution in [0.4, 0.5) is 16.2 Å². The molecular weight excluding hydrogens is 248 g/mol. The van der Waals surface area contributed by atoms with E-state index >= 15 is 0 Å². The standard InChI is InChI=1S/C17H20N2O/c1-3-13-9-11-15(12-10-13)18-17(20)19-16-8-6-5-7-14(16)4-2/h5-12H,3-4H2,1-2H3,(H2,18,19,20). The highest BCUT2D eigenvalue weighted by Crippen LogP contribution is 2.16. The lowest BCUT2D eigenvalue weighted by molar-refractivity contribution is 0.262. The molecule has 0 aliphatic rings. The summed E-state index contributed by atoms with van der Waals surface area (Å²) in [6, 6.07) is 15.5. The van der Waals surface area contributed by atoms with Gasteiger partial charge in [-0.1, -0.05) is 44.2 Å². The van der Waals surface area contributed by atoms with Gasteiger partial charge in [-0.15, -0.1) is 0 Å². The Hall–Kier alpha value is -2.29. The van der Waals surface area contributed by atoms with Crippen LogP contribution in [0, 0.1) is 0 Å². The summed E-state index contributed by atoms with van der Waals surface area (Å²) in [5.41, 5.74) is 4.04. The molecule has 0 bridgehead atoms. The lowest BCUT2D eigenvalue weighted by Gasteiger charge is -2.11. The number of nitrogens with one attached hydrogen (secondary N) is 2. The lowest BCUT2D eigenvalue weighted by Crippen LogP contribution is -2.20. The molecule has 20 heavy (non-hydrogen) atoms. The van der Waals surface area contributed by atoms with Crippen molar-refractivity contribution in [2.75, 3.05) is 10.6 Å². The number of benzene rings is 2. The molecule has 3 nitrogen and oxygen atoms in total. The predicted octanol–water partition coefficient (Wildman–Crippen LogP) is 4.46. The maximum Gasteiger partial charge on any atom is 0.323 e. The highest BCUT2D eigenvalue weighted by Gasteiger charge is 2.05. The number of carbonyl (C=O) groups excluding carboxylic acids is 1. The Morgan fingerprint density at radius 1 is 0.900 bits per heavy atom. The van der Waals surface area contributed by atoms with E-state index in [1.807, 2.05) is 48.5 Å². The molecule has 2 amide bonds. The van der Waals surface area contributed by atoms with E-state index in [0.29, 0.717) is 0 Å². The number of hydrogen-bond donors (Lipinski definition) is 2. The molecule has 0 radical (unpaired) electrons. The van der Waals surface area contributed by atoms with E-state index in [0.717, 1.165) is 29.8 Å². The van der Waals surface area contributed by atoms with E-state index < -0.39 is 0 Å². The van der Waals surface area contributed by atoms with Gasteiger partial charge in [0.25, 0.3) is 0 Å². The quantitative estimate of drug-likeness (QED) is 0.844. The highest BCUT2D eigenvalue weighted by molar-refractivity contribution is 6.00. The smallest absolute Gasteiger partial charge is 0.308 e. The highest BCUT2D eigenvalue weighted by atomic mass is 16.2. The number of amides is 2. The molecule has 2 aromatic carbocycles. The molecule has 2 aromatic rings. The minimum absolute atomic E-state index is 0.213. The van der Waals surface area contributed by atoms with Gasteiger partial charge in [0.2, 0.25) is 0 Å². The van der Waals surface area contributed by atoms with Crippen LogP contribution in [-0.4, -0.2) is 6.03 Å². The third-order valence-corrected chi connectivity index (χ3v) is 3.27. The van der Waals surface area contributed by atoms with E-state index in [1.165, 1.54) is 5.56 Å². The van der Waals surface area contributed by atoms with E-state index in [1.54, 1.807) is 0 Å². The van der Waals surface area contributed by atoms with Gasteiger partial charge in [-0.3, -0.25) is 0 Å². The summed E-state index contributed by atoms with van der Waals surface area (Å²) in [5, 5.41) is 5.73. The molecule has 104 valence electrons. The van der Waals surface area contributed by atoms with Crippen LogP contribution < -0.4 is 10.6 Å². The van der Waals surface area contributed by atoms with Gasteiger partial charge in [-0.05, 0) is 42.2 Å². The second-order valence-corrected chi connectivity index (χ2v) is 4.64. The molecule has 0 unspecified atom stereocenters. The maximum atomic E-state index is 12.0. The first-order valence-corrected chi connectivity index (χ1v) is 6.97. The molecule has 2 rings (SSSR count). The third kappa shape index (κ3) is 3.60. The van der Waals surface area contributed by atoms with Crippen LogP contribution in [0.5, 0.6) is 0 Å². The largest absolute Gasteiger partial charge is 0.323 e. The molecule has 2 N–H and O–H groups in total. The number of aryl methyl sites for hydroxylation is 2.